The second-order valence-electron chi connectivity index (χ2n) is 5.41. The Morgan fingerprint density at radius 3 is 2.53 bits per heavy atom. The van der Waals surface area contributed by atoms with Gasteiger partial charge in [-0.05, 0) is 38.3 Å². The van der Waals surface area contributed by atoms with Crippen LogP contribution in [0, 0.1) is 5.41 Å². The second kappa shape index (κ2) is 5.64. The van der Waals surface area contributed by atoms with Gasteiger partial charge in [-0.25, -0.2) is 0 Å². The smallest absolute Gasteiger partial charge is 0.233 e. The Morgan fingerprint density at radius 1 is 1.32 bits per heavy atom. The highest BCUT2D eigenvalue weighted by atomic mass is 16.3. The highest BCUT2D eigenvalue weighted by Crippen LogP contribution is 2.43. The summed E-state index contributed by atoms with van der Waals surface area (Å²) >= 11 is 0. The molecule has 104 valence electrons. The predicted molar refractivity (Wildman–Crippen MR) is 77.3 cm³/mol. The first-order valence-electron chi connectivity index (χ1n) is 7.24. The summed E-state index contributed by atoms with van der Waals surface area (Å²) in [5, 5.41) is 9.59. The topological polar surface area (TPSA) is 40.5 Å². The minimum Gasteiger partial charge on any atom is -0.508 e. The molecule has 0 radical (unpaired) electrons. The van der Waals surface area contributed by atoms with Crippen molar-refractivity contribution in [3.05, 3.63) is 24.3 Å². The Labute approximate surface area is 115 Å². The second-order valence-corrected chi connectivity index (χ2v) is 5.41. The molecule has 0 atom stereocenters. The van der Waals surface area contributed by atoms with Gasteiger partial charge in [0, 0.05) is 23.7 Å². The van der Waals surface area contributed by atoms with Crippen molar-refractivity contribution in [3.63, 3.8) is 0 Å². The standard InChI is InChI=1S/C16H23NO2/c1-3-16(10-5-6-11-16)15(19)17(4-2)13-8-7-9-14(18)12-13/h7-9,12,18H,3-6,10-11H2,1-2H3. The van der Waals surface area contributed by atoms with Gasteiger partial charge in [-0.2, -0.15) is 0 Å². The summed E-state index contributed by atoms with van der Waals surface area (Å²) in [5.74, 6) is 0.432. The maximum absolute atomic E-state index is 12.9. The number of benzene rings is 1. The Balaban J connectivity index is 2.29. The van der Waals surface area contributed by atoms with Crippen molar-refractivity contribution in [1.82, 2.24) is 0 Å². The zero-order chi connectivity index (χ0) is 13.9. The maximum Gasteiger partial charge on any atom is 0.233 e. The van der Waals surface area contributed by atoms with Gasteiger partial charge in [-0.1, -0.05) is 25.8 Å². The molecule has 1 aromatic carbocycles. The van der Waals surface area contributed by atoms with Gasteiger partial charge in [0.2, 0.25) is 5.91 Å². The lowest BCUT2D eigenvalue weighted by Gasteiger charge is -2.33. The molecule has 0 saturated heterocycles. The minimum atomic E-state index is -0.179. The van der Waals surface area contributed by atoms with E-state index in [2.05, 4.69) is 6.92 Å². The van der Waals surface area contributed by atoms with E-state index in [0.29, 0.717) is 6.54 Å². The van der Waals surface area contributed by atoms with Crippen LogP contribution >= 0.6 is 0 Å². The van der Waals surface area contributed by atoms with Gasteiger partial charge in [-0.15, -0.1) is 0 Å². The molecular weight excluding hydrogens is 238 g/mol. The lowest BCUT2D eigenvalue weighted by molar-refractivity contribution is -0.128. The molecule has 3 heteroatoms. The summed E-state index contributed by atoms with van der Waals surface area (Å²) in [6.07, 6.45) is 5.20. The monoisotopic (exact) mass is 261 g/mol. The summed E-state index contributed by atoms with van der Waals surface area (Å²) < 4.78 is 0. The summed E-state index contributed by atoms with van der Waals surface area (Å²) in [4.78, 5) is 14.7. The lowest BCUT2D eigenvalue weighted by Crippen LogP contribution is -2.42. The first kappa shape index (κ1) is 13.9. The maximum atomic E-state index is 12.9. The van der Waals surface area contributed by atoms with Crippen LogP contribution in [-0.2, 0) is 4.79 Å². The Morgan fingerprint density at radius 2 is 2.00 bits per heavy atom. The highest BCUT2D eigenvalue weighted by molar-refractivity contribution is 5.97. The van der Waals surface area contributed by atoms with Crippen molar-refractivity contribution >= 4 is 11.6 Å². The number of hydrogen-bond donors (Lipinski definition) is 1. The summed E-state index contributed by atoms with van der Waals surface area (Å²) in [6, 6.07) is 6.97. The molecule has 0 bridgehead atoms. The van der Waals surface area contributed by atoms with Crippen LogP contribution in [0.4, 0.5) is 5.69 Å². The van der Waals surface area contributed by atoms with Crippen molar-refractivity contribution in [3.8, 4) is 5.75 Å². The van der Waals surface area contributed by atoms with Crippen LogP contribution in [0.1, 0.15) is 46.0 Å². The predicted octanol–water partition coefficient (Wildman–Crippen LogP) is 3.72. The number of amides is 1. The van der Waals surface area contributed by atoms with Gasteiger partial charge in [0.1, 0.15) is 5.75 Å². The van der Waals surface area contributed by atoms with Crippen LogP contribution in [0.15, 0.2) is 24.3 Å². The van der Waals surface area contributed by atoms with Crippen molar-refractivity contribution in [2.75, 3.05) is 11.4 Å². The van der Waals surface area contributed by atoms with Crippen molar-refractivity contribution in [1.29, 1.82) is 0 Å². The molecule has 3 nitrogen and oxygen atoms in total. The fraction of sp³-hybridized carbons (Fsp3) is 0.562. The van der Waals surface area contributed by atoms with Gasteiger partial charge in [0.05, 0.1) is 0 Å². The highest BCUT2D eigenvalue weighted by Gasteiger charge is 2.41. The zero-order valence-corrected chi connectivity index (χ0v) is 11.9. The van der Waals surface area contributed by atoms with E-state index in [0.717, 1.165) is 37.8 Å². The SMILES string of the molecule is CCN(C(=O)C1(CC)CCCC1)c1cccc(O)c1. The van der Waals surface area contributed by atoms with Gasteiger partial charge < -0.3 is 10.0 Å². The molecule has 0 aromatic heterocycles. The zero-order valence-electron chi connectivity index (χ0n) is 11.9. The molecule has 1 aromatic rings. The third-order valence-corrected chi connectivity index (χ3v) is 4.39. The quantitative estimate of drug-likeness (QED) is 0.897. The molecule has 19 heavy (non-hydrogen) atoms. The molecule has 2 rings (SSSR count). The fourth-order valence-electron chi connectivity index (χ4n) is 3.16. The number of aromatic hydroxyl groups is 1. The van der Waals surface area contributed by atoms with Crippen LogP contribution in [-0.4, -0.2) is 17.6 Å². The third-order valence-electron chi connectivity index (χ3n) is 4.39. The summed E-state index contributed by atoms with van der Waals surface area (Å²) in [5.41, 5.74) is 0.619. The number of hydrogen-bond acceptors (Lipinski definition) is 2. The van der Waals surface area contributed by atoms with Gasteiger partial charge in [-0.3, -0.25) is 4.79 Å². The molecule has 1 aliphatic rings. The van der Waals surface area contributed by atoms with E-state index in [1.165, 1.54) is 0 Å². The number of nitrogens with zero attached hydrogens (tertiary/aromatic N) is 1. The first-order valence-corrected chi connectivity index (χ1v) is 7.24. The summed E-state index contributed by atoms with van der Waals surface area (Å²) in [7, 11) is 0. The van der Waals surface area contributed by atoms with E-state index < -0.39 is 0 Å². The van der Waals surface area contributed by atoms with Gasteiger partial charge >= 0.3 is 0 Å². The molecule has 1 saturated carbocycles. The molecule has 0 aliphatic heterocycles. The third kappa shape index (κ3) is 2.60. The Bertz CT molecular complexity index is 450. The van der Waals surface area contributed by atoms with E-state index in [1.54, 1.807) is 18.2 Å². The molecule has 0 heterocycles. The van der Waals surface area contributed by atoms with E-state index in [1.807, 2.05) is 17.9 Å². The lowest BCUT2D eigenvalue weighted by atomic mass is 9.81. The summed E-state index contributed by atoms with van der Waals surface area (Å²) in [6.45, 7) is 4.74. The van der Waals surface area contributed by atoms with Crippen molar-refractivity contribution in [2.24, 2.45) is 5.41 Å². The van der Waals surface area contributed by atoms with Crippen molar-refractivity contribution < 1.29 is 9.90 Å². The number of anilines is 1. The molecule has 0 unspecified atom stereocenters. The van der Waals surface area contributed by atoms with E-state index in [4.69, 9.17) is 0 Å². The van der Waals surface area contributed by atoms with E-state index in [-0.39, 0.29) is 17.1 Å². The Hall–Kier alpha value is -1.51. The number of carbonyl (C=O) groups is 1. The van der Waals surface area contributed by atoms with Crippen LogP contribution in [0.25, 0.3) is 0 Å². The van der Waals surface area contributed by atoms with Crippen LogP contribution in [0.2, 0.25) is 0 Å². The molecule has 1 amide bonds. The van der Waals surface area contributed by atoms with E-state index >= 15 is 0 Å². The molecule has 0 spiro atoms. The van der Waals surface area contributed by atoms with Gasteiger partial charge in [0.25, 0.3) is 0 Å². The number of carbonyl (C=O) groups excluding carboxylic acids is 1. The van der Waals surface area contributed by atoms with E-state index in [9.17, 15) is 9.90 Å². The molecular formula is C16H23NO2. The minimum absolute atomic E-state index is 0.179. The molecule has 1 N–H and O–H groups in total. The average Bonchev–Trinajstić information content (AvgIpc) is 2.89. The average molecular weight is 261 g/mol. The van der Waals surface area contributed by atoms with Gasteiger partial charge in [0.15, 0.2) is 0 Å². The van der Waals surface area contributed by atoms with Crippen molar-refractivity contribution in [2.45, 2.75) is 46.0 Å². The number of rotatable bonds is 4. The Kier molecular flexibility index (Phi) is 4.13. The fourth-order valence-corrected chi connectivity index (χ4v) is 3.16. The van der Waals surface area contributed by atoms with Crippen LogP contribution in [0.5, 0.6) is 5.75 Å². The first-order chi connectivity index (χ1) is 9.13. The van der Waals surface area contributed by atoms with Crippen LogP contribution in [0.3, 0.4) is 0 Å². The molecule has 1 aliphatic carbocycles. The number of phenols is 1. The number of phenolic OH excluding ortho intramolecular Hbond substituents is 1. The molecule has 1 fully saturated rings. The normalized spacial score (nSPS) is 17.4. The largest absolute Gasteiger partial charge is 0.508 e. The van der Waals surface area contributed by atoms with Crippen LogP contribution < -0.4 is 4.90 Å².